The Morgan fingerprint density at radius 1 is 1.16 bits per heavy atom. The van der Waals surface area contributed by atoms with Crippen LogP contribution in [0.25, 0.3) is 0 Å². The lowest BCUT2D eigenvalue weighted by Gasteiger charge is -2.34. The van der Waals surface area contributed by atoms with Crippen molar-refractivity contribution in [2.45, 2.75) is 31.6 Å². The summed E-state index contributed by atoms with van der Waals surface area (Å²) in [5, 5.41) is 2.77. The molecule has 168 valence electrons. The molecule has 0 saturated carbocycles. The van der Waals surface area contributed by atoms with Gasteiger partial charge in [-0.3, -0.25) is 4.79 Å². The van der Waals surface area contributed by atoms with Crippen molar-refractivity contribution in [1.82, 2.24) is 9.62 Å². The van der Waals surface area contributed by atoms with Crippen LogP contribution >= 0.6 is 0 Å². The number of hydrogen-bond acceptors (Lipinski definition) is 4. The monoisotopic (exact) mass is 448 g/mol. The summed E-state index contributed by atoms with van der Waals surface area (Å²) in [6.07, 6.45) is 1.45. The van der Waals surface area contributed by atoms with Crippen LogP contribution in [0.3, 0.4) is 0 Å². The van der Waals surface area contributed by atoms with Gasteiger partial charge in [-0.1, -0.05) is 26.0 Å². The minimum Gasteiger partial charge on any atom is -0.495 e. The molecule has 1 aliphatic rings. The Labute approximate surface area is 183 Å². The molecular formula is C23H29FN2O4S. The number of hydrogen-bond donors (Lipinski definition) is 1. The van der Waals surface area contributed by atoms with Gasteiger partial charge in [0.05, 0.1) is 7.11 Å². The lowest BCUT2D eigenvalue weighted by atomic mass is 9.94. The van der Waals surface area contributed by atoms with Crippen molar-refractivity contribution < 1.29 is 22.3 Å². The molecular weight excluding hydrogens is 419 g/mol. The summed E-state index contributed by atoms with van der Waals surface area (Å²) in [7, 11) is -2.40. The molecule has 0 aliphatic carbocycles. The second-order valence-electron chi connectivity index (χ2n) is 8.27. The molecule has 1 aliphatic heterocycles. The predicted octanol–water partition coefficient (Wildman–Crippen LogP) is 3.47. The van der Waals surface area contributed by atoms with Gasteiger partial charge < -0.3 is 10.1 Å². The van der Waals surface area contributed by atoms with E-state index in [9.17, 15) is 17.6 Å². The summed E-state index contributed by atoms with van der Waals surface area (Å²) in [6.45, 7) is 5.27. The van der Waals surface area contributed by atoms with Crippen LogP contribution < -0.4 is 10.1 Å². The zero-order valence-corrected chi connectivity index (χ0v) is 18.9. The second-order valence-corrected chi connectivity index (χ2v) is 10.2. The van der Waals surface area contributed by atoms with Gasteiger partial charge >= 0.3 is 0 Å². The third-order valence-corrected chi connectivity index (χ3v) is 7.32. The lowest BCUT2D eigenvalue weighted by Crippen LogP contribution is -2.42. The molecule has 1 fully saturated rings. The Kier molecular flexibility index (Phi) is 7.33. The van der Waals surface area contributed by atoms with Crippen molar-refractivity contribution in [1.29, 1.82) is 0 Å². The van der Waals surface area contributed by atoms with Gasteiger partial charge in [-0.15, -0.1) is 0 Å². The summed E-state index contributed by atoms with van der Waals surface area (Å²) in [5.41, 5.74) is 1.00. The molecule has 3 rings (SSSR count). The highest BCUT2D eigenvalue weighted by Crippen LogP contribution is 2.32. The van der Waals surface area contributed by atoms with E-state index in [0.717, 1.165) is 12.0 Å². The van der Waals surface area contributed by atoms with Crippen LogP contribution in [0, 0.1) is 17.7 Å². The summed E-state index contributed by atoms with van der Waals surface area (Å²) < 4.78 is 46.7. The van der Waals surface area contributed by atoms with Gasteiger partial charge in [0.1, 0.15) is 16.5 Å². The molecule has 2 unspecified atom stereocenters. The number of nitrogens with zero attached hydrogens (tertiary/aromatic N) is 1. The Balaban J connectivity index is 1.77. The third kappa shape index (κ3) is 5.62. The Bertz CT molecular complexity index is 1030. The van der Waals surface area contributed by atoms with E-state index < -0.39 is 15.9 Å². The maximum Gasteiger partial charge on any atom is 0.251 e. The zero-order valence-electron chi connectivity index (χ0n) is 18.1. The van der Waals surface area contributed by atoms with Gasteiger partial charge in [-0.25, -0.2) is 12.8 Å². The van der Waals surface area contributed by atoms with Crippen LogP contribution in [-0.4, -0.2) is 45.4 Å². The van der Waals surface area contributed by atoms with Crippen LogP contribution in [-0.2, 0) is 16.4 Å². The average molecular weight is 449 g/mol. The van der Waals surface area contributed by atoms with Crippen LogP contribution in [0.15, 0.2) is 47.4 Å². The highest BCUT2D eigenvalue weighted by Gasteiger charge is 2.34. The van der Waals surface area contributed by atoms with Crippen molar-refractivity contribution in [3.05, 3.63) is 59.4 Å². The number of methoxy groups -OCH3 is 1. The molecule has 1 heterocycles. The number of carbonyl (C=O) groups is 1. The largest absolute Gasteiger partial charge is 0.495 e. The molecule has 0 radical (unpaired) electrons. The van der Waals surface area contributed by atoms with Crippen molar-refractivity contribution >= 4 is 15.9 Å². The average Bonchev–Trinajstić information content (AvgIpc) is 2.72. The van der Waals surface area contributed by atoms with Gasteiger partial charge in [-0.05, 0) is 60.6 Å². The number of amides is 1. The molecule has 2 aromatic carbocycles. The first-order chi connectivity index (χ1) is 14.7. The van der Waals surface area contributed by atoms with Crippen LogP contribution in [0.1, 0.15) is 36.2 Å². The smallest absolute Gasteiger partial charge is 0.251 e. The van der Waals surface area contributed by atoms with E-state index in [1.54, 1.807) is 12.1 Å². The number of benzene rings is 2. The van der Waals surface area contributed by atoms with Gasteiger partial charge in [-0.2, -0.15) is 4.31 Å². The SMILES string of the molecule is COc1ccc(C(=O)NCCc2cccc(F)c2)cc1S(=O)(=O)N1CC(C)CC(C)C1. The van der Waals surface area contributed by atoms with Crippen LogP contribution in [0.2, 0.25) is 0 Å². The number of rotatable bonds is 7. The van der Waals surface area contributed by atoms with Gasteiger partial charge in [0.25, 0.3) is 5.91 Å². The summed E-state index contributed by atoms with van der Waals surface area (Å²) >= 11 is 0. The zero-order chi connectivity index (χ0) is 22.6. The van der Waals surface area contributed by atoms with E-state index in [1.807, 2.05) is 13.8 Å². The van der Waals surface area contributed by atoms with Crippen molar-refractivity contribution in [2.24, 2.45) is 11.8 Å². The van der Waals surface area contributed by atoms with E-state index >= 15 is 0 Å². The first kappa shape index (κ1) is 23.2. The second kappa shape index (κ2) is 9.78. The molecule has 0 spiro atoms. The number of halogens is 1. The Morgan fingerprint density at radius 3 is 2.52 bits per heavy atom. The number of carbonyl (C=O) groups excluding carboxylic acids is 1. The fraction of sp³-hybridized carbons (Fsp3) is 0.435. The minimum atomic E-state index is -3.81. The first-order valence-electron chi connectivity index (χ1n) is 10.4. The summed E-state index contributed by atoms with van der Waals surface area (Å²) in [6, 6.07) is 10.6. The minimum absolute atomic E-state index is 0.00548. The molecule has 2 aromatic rings. The van der Waals surface area contributed by atoms with Crippen molar-refractivity contribution in [3.63, 3.8) is 0 Å². The quantitative estimate of drug-likeness (QED) is 0.704. The lowest BCUT2D eigenvalue weighted by molar-refractivity contribution is 0.0954. The molecule has 1 saturated heterocycles. The van der Waals surface area contributed by atoms with Gasteiger partial charge in [0, 0.05) is 25.2 Å². The maximum atomic E-state index is 13.3. The topological polar surface area (TPSA) is 75.7 Å². The van der Waals surface area contributed by atoms with Gasteiger partial charge in [0.2, 0.25) is 10.0 Å². The first-order valence-corrected chi connectivity index (χ1v) is 11.9. The number of nitrogens with one attached hydrogen (secondary N) is 1. The summed E-state index contributed by atoms with van der Waals surface area (Å²) in [4.78, 5) is 12.6. The fourth-order valence-corrected chi connectivity index (χ4v) is 5.94. The number of ether oxygens (including phenoxy) is 1. The highest BCUT2D eigenvalue weighted by atomic mass is 32.2. The normalized spacial score (nSPS) is 19.7. The molecule has 2 atom stereocenters. The maximum absolute atomic E-state index is 13.3. The molecule has 8 heteroatoms. The molecule has 31 heavy (non-hydrogen) atoms. The molecule has 1 amide bonds. The van der Waals surface area contributed by atoms with E-state index in [1.165, 1.54) is 41.7 Å². The standard InChI is InChI=1S/C23H29FN2O4S/c1-16-11-17(2)15-26(14-16)31(28,29)22-13-19(7-8-21(22)30-3)23(27)25-10-9-18-5-4-6-20(24)12-18/h4-8,12-13,16-17H,9-11,14-15H2,1-3H3,(H,25,27). The van der Waals surface area contributed by atoms with E-state index in [4.69, 9.17) is 4.74 Å². The molecule has 1 N–H and O–H groups in total. The van der Waals surface area contributed by atoms with E-state index in [0.29, 0.717) is 26.1 Å². The van der Waals surface area contributed by atoms with Gasteiger partial charge in [0.15, 0.2) is 0 Å². The molecule has 6 nitrogen and oxygen atoms in total. The van der Waals surface area contributed by atoms with Crippen LogP contribution in [0.5, 0.6) is 5.75 Å². The van der Waals surface area contributed by atoms with E-state index in [-0.39, 0.29) is 33.9 Å². The molecule has 0 aromatic heterocycles. The van der Waals surface area contributed by atoms with Crippen molar-refractivity contribution in [2.75, 3.05) is 26.7 Å². The fourth-order valence-electron chi connectivity index (χ4n) is 4.08. The number of sulfonamides is 1. The Hall–Kier alpha value is -2.45. The number of piperidine rings is 1. The van der Waals surface area contributed by atoms with Crippen molar-refractivity contribution in [3.8, 4) is 5.75 Å². The Morgan fingerprint density at radius 2 is 1.87 bits per heavy atom. The molecule has 0 bridgehead atoms. The highest BCUT2D eigenvalue weighted by molar-refractivity contribution is 7.89. The van der Waals surface area contributed by atoms with Crippen LogP contribution in [0.4, 0.5) is 4.39 Å². The summed E-state index contributed by atoms with van der Waals surface area (Å²) in [5.74, 6) is 0.0194. The predicted molar refractivity (Wildman–Crippen MR) is 117 cm³/mol. The van der Waals surface area contributed by atoms with E-state index in [2.05, 4.69) is 5.32 Å². The third-order valence-electron chi connectivity index (χ3n) is 5.47.